The summed E-state index contributed by atoms with van der Waals surface area (Å²) in [7, 11) is -3.42. The van der Waals surface area contributed by atoms with Gasteiger partial charge in [-0.2, -0.15) is 0 Å². The van der Waals surface area contributed by atoms with Crippen molar-refractivity contribution < 1.29 is 17.9 Å². The molecule has 2 aliphatic rings. The Bertz CT molecular complexity index is 934. The molecule has 0 N–H and O–H groups in total. The summed E-state index contributed by atoms with van der Waals surface area (Å²) in [4.78, 5) is 21.4. The van der Waals surface area contributed by atoms with Gasteiger partial charge in [0.2, 0.25) is 5.91 Å². The Balaban J connectivity index is 1.19. The Labute approximate surface area is 188 Å². The van der Waals surface area contributed by atoms with Crippen LogP contribution < -0.4 is 4.74 Å². The molecule has 0 saturated carbocycles. The highest BCUT2D eigenvalue weighted by atomic mass is 32.2. The fourth-order valence-corrected chi connectivity index (χ4v) is 6.18. The van der Waals surface area contributed by atoms with Crippen LogP contribution in [0.3, 0.4) is 0 Å². The number of carbonyl (C=O) groups excluding carboxylic acids is 1. The quantitative estimate of drug-likeness (QED) is 0.628. The molecule has 7 nitrogen and oxygen atoms in total. The maximum Gasteiger partial charge on any atom is 0.273 e. The number of nitrogens with zero attached hydrogens (tertiary/aromatic N) is 3. The summed E-state index contributed by atoms with van der Waals surface area (Å²) in [5.41, 5.74) is 0. The maximum atomic E-state index is 12.6. The molecule has 2 aromatic rings. The summed E-state index contributed by atoms with van der Waals surface area (Å²) in [5.74, 6) is -0.198. The molecule has 1 aromatic heterocycles. The summed E-state index contributed by atoms with van der Waals surface area (Å²) < 4.78 is 30.8. The van der Waals surface area contributed by atoms with Crippen LogP contribution in [-0.2, 0) is 14.6 Å². The highest BCUT2D eigenvalue weighted by Crippen LogP contribution is 2.25. The molecular weight excluding hydrogens is 434 g/mol. The minimum Gasteiger partial charge on any atom is -0.467 e. The number of carbonyl (C=O) groups is 1. The standard InChI is InChI=1S/C22H29N3O4S2/c26-21(10-17-31(27,28)20-4-2-1-3-5-20)25-12-6-18(7-13-25)24-14-8-19(9-15-24)29-22-23-11-16-30-22/h1-5,11,16,18-19H,6-10,12-15,17H2. The molecule has 0 unspecified atom stereocenters. The monoisotopic (exact) mass is 463 g/mol. The number of aromatic nitrogens is 1. The molecule has 0 spiro atoms. The summed E-state index contributed by atoms with van der Waals surface area (Å²) in [6.07, 6.45) is 5.91. The van der Waals surface area contributed by atoms with Crippen molar-refractivity contribution in [1.82, 2.24) is 14.8 Å². The fourth-order valence-electron chi connectivity index (χ4n) is 4.38. The second kappa shape index (κ2) is 10.1. The lowest BCUT2D eigenvalue weighted by atomic mass is 9.98. The van der Waals surface area contributed by atoms with Gasteiger partial charge in [0, 0.05) is 50.2 Å². The van der Waals surface area contributed by atoms with Gasteiger partial charge in [-0.1, -0.05) is 29.5 Å². The number of rotatable bonds is 7. The predicted octanol–water partition coefficient (Wildman–Crippen LogP) is 2.84. The average molecular weight is 464 g/mol. The largest absolute Gasteiger partial charge is 0.467 e. The molecule has 0 bridgehead atoms. The van der Waals surface area contributed by atoms with Gasteiger partial charge in [0.1, 0.15) is 6.10 Å². The third-order valence-electron chi connectivity index (χ3n) is 6.17. The molecule has 1 aromatic carbocycles. The topological polar surface area (TPSA) is 79.8 Å². The molecule has 0 atom stereocenters. The first kappa shape index (κ1) is 22.2. The molecule has 3 heterocycles. The molecule has 2 saturated heterocycles. The third-order valence-corrected chi connectivity index (χ3v) is 8.57. The molecule has 2 aliphatic heterocycles. The molecular formula is C22H29N3O4S2. The third kappa shape index (κ3) is 5.84. The van der Waals surface area contributed by atoms with Crippen molar-refractivity contribution in [2.45, 2.75) is 49.1 Å². The van der Waals surface area contributed by atoms with Gasteiger partial charge in [-0.25, -0.2) is 13.4 Å². The van der Waals surface area contributed by atoms with Gasteiger partial charge in [-0.05, 0) is 37.8 Å². The van der Waals surface area contributed by atoms with E-state index >= 15 is 0 Å². The van der Waals surface area contributed by atoms with E-state index < -0.39 is 9.84 Å². The van der Waals surface area contributed by atoms with Gasteiger partial charge in [0.05, 0.1) is 10.6 Å². The number of sulfone groups is 1. The first-order valence-electron chi connectivity index (χ1n) is 10.9. The number of likely N-dealkylation sites (tertiary alicyclic amines) is 2. The molecule has 31 heavy (non-hydrogen) atoms. The van der Waals surface area contributed by atoms with Crippen molar-refractivity contribution in [2.24, 2.45) is 0 Å². The summed E-state index contributed by atoms with van der Waals surface area (Å²) in [5, 5.41) is 2.68. The number of thiazole rings is 1. The Hall–Kier alpha value is -1.97. The van der Waals surface area contributed by atoms with Gasteiger partial charge in [0.15, 0.2) is 9.84 Å². The SMILES string of the molecule is O=C(CCS(=O)(=O)c1ccccc1)N1CCC(N2CCC(Oc3nccs3)CC2)CC1. The molecule has 0 aliphatic carbocycles. The van der Waals surface area contributed by atoms with E-state index in [0.29, 0.717) is 19.1 Å². The van der Waals surface area contributed by atoms with Crippen LogP contribution in [0.25, 0.3) is 0 Å². The number of hydrogen-bond acceptors (Lipinski definition) is 7. The summed E-state index contributed by atoms with van der Waals surface area (Å²) in [6.45, 7) is 3.41. The van der Waals surface area contributed by atoms with Crippen LogP contribution in [0.15, 0.2) is 46.8 Å². The Morgan fingerprint density at radius 2 is 1.77 bits per heavy atom. The lowest BCUT2D eigenvalue weighted by Crippen LogP contribution is -2.50. The first-order valence-corrected chi connectivity index (χ1v) is 13.4. The van der Waals surface area contributed by atoms with E-state index in [-0.39, 0.29) is 29.1 Å². The van der Waals surface area contributed by atoms with Gasteiger partial charge in [-0.3, -0.25) is 9.69 Å². The number of benzene rings is 1. The zero-order valence-electron chi connectivity index (χ0n) is 17.6. The van der Waals surface area contributed by atoms with Gasteiger partial charge in [-0.15, -0.1) is 0 Å². The van der Waals surface area contributed by atoms with Gasteiger partial charge in [0.25, 0.3) is 5.19 Å². The van der Waals surface area contributed by atoms with Crippen molar-refractivity contribution in [3.8, 4) is 5.19 Å². The van der Waals surface area contributed by atoms with E-state index in [4.69, 9.17) is 4.74 Å². The summed E-state index contributed by atoms with van der Waals surface area (Å²) >= 11 is 1.53. The zero-order valence-corrected chi connectivity index (χ0v) is 19.2. The lowest BCUT2D eigenvalue weighted by molar-refractivity contribution is -0.132. The van der Waals surface area contributed by atoms with E-state index in [1.165, 1.54) is 11.3 Å². The van der Waals surface area contributed by atoms with Gasteiger partial charge >= 0.3 is 0 Å². The molecule has 1 amide bonds. The van der Waals surface area contributed by atoms with E-state index in [0.717, 1.165) is 44.0 Å². The van der Waals surface area contributed by atoms with E-state index in [2.05, 4.69) is 9.88 Å². The molecule has 0 radical (unpaired) electrons. The van der Waals surface area contributed by atoms with Crippen molar-refractivity contribution in [2.75, 3.05) is 31.9 Å². The van der Waals surface area contributed by atoms with Crippen molar-refractivity contribution in [3.05, 3.63) is 41.9 Å². The number of piperidine rings is 2. The van der Waals surface area contributed by atoms with Crippen LogP contribution in [0.5, 0.6) is 5.19 Å². The Morgan fingerprint density at radius 3 is 2.42 bits per heavy atom. The highest BCUT2D eigenvalue weighted by Gasteiger charge is 2.30. The van der Waals surface area contributed by atoms with Crippen LogP contribution in [-0.4, -0.2) is 73.2 Å². The number of hydrogen-bond donors (Lipinski definition) is 0. The van der Waals surface area contributed by atoms with Crippen molar-refractivity contribution in [3.63, 3.8) is 0 Å². The lowest BCUT2D eigenvalue weighted by Gasteiger charge is -2.41. The van der Waals surface area contributed by atoms with Crippen LogP contribution >= 0.6 is 11.3 Å². The average Bonchev–Trinajstić information content (AvgIpc) is 3.32. The van der Waals surface area contributed by atoms with Crippen LogP contribution in [0.1, 0.15) is 32.1 Å². The van der Waals surface area contributed by atoms with Gasteiger partial charge < -0.3 is 9.64 Å². The fraction of sp³-hybridized carbons (Fsp3) is 0.545. The normalized spacial score (nSPS) is 19.4. The molecule has 2 fully saturated rings. The Morgan fingerprint density at radius 1 is 1.06 bits per heavy atom. The van der Waals surface area contributed by atoms with E-state index in [1.54, 1.807) is 36.5 Å². The van der Waals surface area contributed by atoms with E-state index in [9.17, 15) is 13.2 Å². The second-order valence-corrected chi connectivity index (χ2v) is 11.1. The smallest absolute Gasteiger partial charge is 0.273 e. The predicted molar refractivity (Wildman–Crippen MR) is 120 cm³/mol. The second-order valence-electron chi connectivity index (χ2n) is 8.15. The number of ether oxygens (including phenoxy) is 1. The van der Waals surface area contributed by atoms with Crippen LogP contribution in [0.2, 0.25) is 0 Å². The first-order chi connectivity index (χ1) is 15.0. The highest BCUT2D eigenvalue weighted by molar-refractivity contribution is 7.91. The number of amides is 1. The van der Waals surface area contributed by atoms with Crippen LogP contribution in [0.4, 0.5) is 0 Å². The molecule has 168 valence electrons. The minimum absolute atomic E-state index is 0.0430. The van der Waals surface area contributed by atoms with Crippen molar-refractivity contribution >= 4 is 27.1 Å². The maximum absolute atomic E-state index is 12.6. The Kier molecular flexibility index (Phi) is 7.24. The van der Waals surface area contributed by atoms with E-state index in [1.807, 2.05) is 10.3 Å². The van der Waals surface area contributed by atoms with Crippen LogP contribution in [0, 0.1) is 0 Å². The molecule has 9 heteroatoms. The minimum atomic E-state index is -3.42. The molecule has 4 rings (SSSR count). The van der Waals surface area contributed by atoms with Crippen molar-refractivity contribution in [1.29, 1.82) is 0 Å². The zero-order chi connectivity index (χ0) is 21.7. The summed E-state index contributed by atoms with van der Waals surface area (Å²) in [6, 6.07) is 8.83.